The van der Waals surface area contributed by atoms with Crippen molar-refractivity contribution in [3.63, 3.8) is 0 Å². The molecule has 25 heavy (non-hydrogen) atoms. The number of ether oxygens (including phenoxy) is 1. The third kappa shape index (κ3) is 3.75. The number of likely N-dealkylation sites (tertiary alicyclic amines) is 1. The molecule has 0 N–H and O–H groups in total. The van der Waals surface area contributed by atoms with Crippen molar-refractivity contribution in [3.8, 4) is 0 Å². The zero-order valence-corrected chi connectivity index (χ0v) is 14.5. The van der Waals surface area contributed by atoms with Gasteiger partial charge in [-0.2, -0.15) is 0 Å². The van der Waals surface area contributed by atoms with Crippen molar-refractivity contribution >= 4 is 0 Å². The second-order valence-corrected chi connectivity index (χ2v) is 7.55. The Morgan fingerprint density at radius 2 is 2.00 bits per heavy atom. The Morgan fingerprint density at radius 1 is 1.16 bits per heavy atom. The first-order chi connectivity index (χ1) is 12.2. The van der Waals surface area contributed by atoms with Crippen LogP contribution < -0.4 is 0 Å². The van der Waals surface area contributed by atoms with Gasteiger partial charge in [-0.05, 0) is 60.5 Å². The molecule has 1 atom stereocenters. The fourth-order valence-corrected chi connectivity index (χ4v) is 4.24. The third-order valence-corrected chi connectivity index (χ3v) is 5.92. The van der Waals surface area contributed by atoms with Crippen molar-refractivity contribution in [3.05, 3.63) is 65.7 Å². The van der Waals surface area contributed by atoms with E-state index in [1.165, 1.54) is 17.5 Å². The number of aromatic nitrogens is 1. The molecule has 2 saturated heterocycles. The average molecular weight is 340 g/mol. The lowest BCUT2D eigenvalue weighted by Gasteiger charge is -2.43. The molecule has 132 valence electrons. The topological polar surface area (TPSA) is 25.4 Å². The molecule has 2 aliphatic heterocycles. The molecule has 0 bridgehead atoms. The number of rotatable bonds is 6. The van der Waals surface area contributed by atoms with E-state index in [-0.39, 0.29) is 5.82 Å². The van der Waals surface area contributed by atoms with Gasteiger partial charge in [0.05, 0.1) is 13.2 Å². The minimum Gasteiger partial charge on any atom is -0.381 e. The van der Waals surface area contributed by atoms with E-state index in [1.54, 1.807) is 12.1 Å². The van der Waals surface area contributed by atoms with Gasteiger partial charge in [0.25, 0.3) is 0 Å². The highest BCUT2D eigenvalue weighted by molar-refractivity contribution is 5.17. The summed E-state index contributed by atoms with van der Waals surface area (Å²) in [5, 5.41) is 0. The van der Waals surface area contributed by atoms with E-state index in [2.05, 4.69) is 16.0 Å². The summed E-state index contributed by atoms with van der Waals surface area (Å²) >= 11 is 0. The van der Waals surface area contributed by atoms with Crippen LogP contribution in [0.25, 0.3) is 0 Å². The third-order valence-electron chi connectivity index (χ3n) is 5.92. The number of hydrogen-bond donors (Lipinski definition) is 0. The van der Waals surface area contributed by atoms with Gasteiger partial charge in [0.1, 0.15) is 5.82 Å². The molecule has 0 saturated carbocycles. The summed E-state index contributed by atoms with van der Waals surface area (Å²) < 4.78 is 18.6. The summed E-state index contributed by atoms with van der Waals surface area (Å²) in [6.45, 7) is 5.01. The van der Waals surface area contributed by atoms with Gasteiger partial charge in [-0.3, -0.25) is 9.88 Å². The summed E-state index contributed by atoms with van der Waals surface area (Å²) in [4.78, 5) is 6.79. The molecule has 4 rings (SSSR count). The number of benzene rings is 1. The van der Waals surface area contributed by atoms with Crippen LogP contribution in [0.15, 0.2) is 48.8 Å². The van der Waals surface area contributed by atoms with Gasteiger partial charge in [0.2, 0.25) is 0 Å². The number of hydrogen-bond acceptors (Lipinski definition) is 3. The Labute approximate surface area is 148 Å². The molecule has 4 heteroatoms. The van der Waals surface area contributed by atoms with Crippen LogP contribution in [0.2, 0.25) is 0 Å². The molecule has 1 aromatic carbocycles. The summed E-state index contributed by atoms with van der Waals surface area (Å²) in [7, 11) is 0. The van der Waals surface area contributed by atoms with Crippen LogP contribution in [0.1, 0.15) is 24.0 Å². The first kappa shape index (κ1) is 16.7. The highest BCUT2D eigenvalue weighted by Gasteiger charge is 2.46. The molecular formula is C21H25FN2O. The molecule has 0 aliphatic carbocycles. The van der Waals surface area contributed by atoms with Crippen molar-refractivity contribution in [1.82, 2.24) is 9.88 Å². The predicted molar refractivity (Wildman–Crippen MR) is 95.6 cm³/mol. The molecule has 3 nitrogen and oxygen atoms in total. The van der Waals surface area contributed by atoms with Crippen molar-refractivity contribution in [2.24, 2.45) is 11.3 Å². The second kappa shape index (κ2) is 7.22. The maximum absolute atomic E-state index is 13.1. The van der Waals surface area contributed by atoms with Gasteiger partial charge < -0.3 is 4.74 Å². The maximum atomic E-state index is 13.1. The highest BCUT2D eigenvalue weighted by Crippen LogP contribution is 2.45. The van der Waals surface area contributed by atoms with Gasteiger partial charge >= 0.3 is 0 Å². The van der Waals surface area contributed by atoms with Crippen LogP contribution in [0.3, 0.4) is 0 Å². The van der Waals surface area contributed by atoms with Crippen molar-refractivity contribution < 1.29 is 9.13 Å². The molecule has 2 aromatic rings. The minimum absolute atomic E-state index is 0.158. The van der Waals surface area contributed by atoms with E-state index in [1.807, 2.05) is 30.6 Å². The monoisotopic (exact) mass is 340 g/mol. The largest absolute Gasteiger partial charge is 0.381 e. The first-order valence-corrected chi connectivity index (χ1v) is 9.17. The quantitative estimate of drug-likeness (QED) is 0.802. The smallest absolute Gasteiger partial charge is 0.123 e. The fraction of sp³-hybridized carbons (Fsp3) is 0.476. The molecule has 0 spiro atoms. The Balaban J connectivity index is 1.42. The predicted octanol–water partition coefficient (Wildman–Crippen LogP) is 3.69. The lowest BCUT2D eigenvalue weighted by Crippen LogP contribution is -2.45. The Morgan fingerprint density at radius 3 is 2.68 bits per heavy atom. The number of halogens is 1. The van der Waals surface area contributed by atoms with E-state index in [0.717, 1.165) is 45.7 Å². The van der Waals surface area contributed by atoms with E-state index < -0.39 is 0 Å². The van der Waals surface area contributed by atoms with Gasteiger partial charge in [0, 0.05) is 31.4 Å². The lowest BCUT2D eigenvalue weighted by atomic mass is 9.70. The molecule has 1 aromatic heterocycles. The zero-order valence-electron chi connectivity index (χ0n) is 14.5. The summed E-state index contributed by atoms with van der Waals surface area (Å²) in [5.41, 5.74) is 2.84. The molecular weight excluding hydrogens is 315 g/mol. The molecule has 2 aliphatic rings. The van der Waals surface area contributed by atoms with E-state index in [9.17, 15) is 4.39 Å². The maximum Gasteiger partial charge on any atom is 0.123 e. The highest BCUT2D eigenvalue weighted by atomic mass is 19.1. The zero-order chi connectivity index (χ0) is 17.1. The summed E-state index contributed by atoms with van der Waals surface area (Å²) in [6.07, 6.45) is 7.17. The van der Waals surface area contributed by atoms with Gasteiger partial charge in [0.15, 0.2) is 0 Å². The molecule has 3 heterocycles. The number of aryl methyl sites for hydroxylation is 1. The first-order valence-electron chi connectivity index (χ1n) is 9.17. The van der Waals surface area contributed by atoms with Crippen LogP contribution in [0.5, 0.6) is 0 Å². The van der Waals surface area contributed by atoms with Crippen molar-refractivity contribution in [1.29, 1.82) is 0 Å². The van der Waals surface area contributed by atoms with Crippen LogP contribution >= 0.6 is 0 Å². The van der Waals surface area contributed by atoms with Gasteiger partial charge in [-0.1, -0.05) is 18.2 Å². The van der Waals surface area contributed by atoms with Crippen LogP contribution in [-0.4, -0.2) is 36.2 Å². The van der Waals surface area contributed by atoms with E-state index in [4.69, 9.17) is 4.74 Å². The van der Waals surface area contributed by atoms with Gasteiger partial charge in [-0.25, -0.2) is 4.39 Å². The van der Waals surface area contributed by atoms with Crippen LogP contribution in [-0.2, 0) is 17.7 Å². The van der Waals surface area contributed by atoms with E-state index in [0.29, 0.717) is 11.3 Å². The molecule has 0 amide bonds. The van der Waals surface area contributed by atoms with E-state index >= 15 is 0 Å². The number of nitrogens with zero attached hydrogens (tertiary/aromatic N) is 2. The Hall–Kier alpha value is -1.78. The average Bonchev–Trinajstić information content (AvgIpc) is 2.97. The van der Waals surface area contributed by atoms with Gasteiger partial charge in [-0.15, -0.1) is 0 Å². The van der Waals surface area contributed by atoms with Crippen LogP contribution in [0, 0.1) is 17.2 Å². The standard InChI is InChI=1S/C21H25FN2O/c22-20-5-3-17(4-6-20)7-8-21(19-14-25-15-19)9-11-24(16-21)13-18-2-1-10-23-12-18/h1-6,10,12,19H,7-9,11,13-16H2/t21-/m0/s1. The second-order valence-electron chi connectivity index (χ2n) is 7.55. The SMILES string of the molecule is Fc1ccc(CC[C@]2(C3COC3)CCN(Cc3cccnc3)C2)cc1. The minimum atomic E-state index is -0.158. The van der Waals surface area contributed by atoms with Crippen molar-refractivity contribution in [2.75, 3.05) is 26.3 Å². The van der Waals surface area contributed by atoms with Crippen molar-refractivity contribution in [2.45, 2.75) is 25.8 Å². The lowest BCUT2D eigenvalue weighted by molar-refractivity contribution is -0.0987. The molecule has 2 fully saturated rings. The molecule has 0 radical (unpaired) electrons. The fourth-order valence-electron chi connectivity index (χ4n) is 4.24. The van der Waals surface area contributed by atoms with Crippen LogP contribution in [0.4, 0.5) is 4.39 Å². The molecule has 0 unspecified atom stereocenters. The Kier molecular flexibility index (Phi) is 4.82. The summed E-state index contributed by atoms with van der Waals surface area (Å²) in [6, 6.07) is 11.1. The number of pyridine rings is 1. The Bertz CT molecular complexity index is 687. The normalized spacial score (nSPS) is 24.4. The summed E-state index contributed by atoms with van der Waals surface area (Å²) in [5.74, 6) is 0.501.